The average Bonchev–Trinajstić information content (AvgIpc) is 2.65. The highest BCUT2D eigenvalue weighted by atomic mass is 28.4. The number of carbonyl (C=O) groups excluding carboxylic acids is 1. The van der Waals surface area contributed by atoms with Crippen LogP contribution in [0.4, 0.5) is 0 Å². The highest BCUT2D eigenvalue weighted by Gasteiger charge is 2.39. The Kier molecular flexibility index (Phi) is 4.26. The number of ketones is 1. The summed E-state index contributed by atoms with van der Waals surface area (Å²) in [6.07, 6.45) is 1.50. The van der Waals surface area contributed by atoms with Gasteiger partial charge in [0.05, 0.1) is 6.61 Å². The molecule has 0 unspecified atom stereocenters. The summed E-state index contributed by atoms with van der Waals surface area (Å²) in [7, 11) is -1.69. The van der Waals surface area contributed by atoms with Crippen LogP contribution >= 0.6 is 0 Å². The monoisotopic (exact) mass is 298 g/mol. The number of hydrogen-bond donors (Lipinski definition) is 0. The smallest absolute Gasteiger partial charge is 0.191 e. The van der Waals surface area contributed by atoms with Crippen LogP contribution < -0.4 is 0 Å². The van der Waals surface area contributed by atoms with Crippen molar-refractivity contribution in [2.45, 2.75) is 64.8 Å². The van der Waals surface area contributed by atoms with Gasteiger partial charge in [-0.15, -0.1) is 0 Å². The summed E-state index contributed by atoms with van der Waals surface area (Å²) >= 11 is 0. The van der Waals surface area contributed by atoms with E-state index in [-0.39, 0.29) is 17.8 Å². The fourth-order valence-corrected chi connectivity index (χ4v) is 5.59. The van der Waals surface area contributed by atoms with Crippen molar-refractivity contribution >= 4 is 14.1 Å². The average molecular weight is 298 g/mol. The van der Waals surface area contributed by atoms with Crippen molar-refractivity contribution in [3.63, 3.8) is 0 Å². The molecule has 2 aliphatic heterocycles. The second kappa shape index (κ2) is 5.37. The molecule has 0 aromatic rings. The molecule has 3 atom stereocenters. The minimum Gasteiger partial charge on any atom is -0.414 e. The Balaban J connectivity index is 2.11. The summed E-state index contributed by atoms with van der Waals surface area (Å²) < 4.78 is 17.2. The van der Waals surface area contributed by atoms with Gasteiger partial charge in [0.15, 0.2) is 19.9 Å². The molecule has 5 heteroatoms. The molecule has 0 bridgehead atoms. The lowest BCUT2D eigenvalue weighted by atomic mass is 9.95. The first-order valence-electron chi connectivity index (χ1n) is 7.33. The summed E-state index contributed by atoms with van der Waals surface area (Å²) in [4.78, 5) is 12.4. The van der Waals surface area contributed by atoms with E-state index in [0.717, 1.165) is 6.04 Å². The first-order chi connectivity index (χ1) is 9.10. The first kappa shape index (κ1) is 15.9. The van der Waals surface area contributed by atoms with Gasteiger partial charge in [-0.05, 0) is 46.0 Å². The third-order valence-electron chi connectivity index (χ3n) is 4.08. The van der Waals surface area contributed by atoms with E-state index in [1.165, 1.54) is 5.57 Å². The van der Waals surface area contributed by atoms with Gasteiger partial charge in [0.1, 0.15) is 6.10 Å². The number of ether oxygens (including phenoxy) is 2. The molecule has 2 fully saturated rings. The zero-order valence-corrected chi connectivity index (χ0v) is 14.4. The number of rotatable bonds is 2. The Labute approximate surface area is 122 Å². The first-order valence-corrected chi connectivity index (χ1v) is 10.5. The van der Waals surface area contributed by atoms with Crippen LogP contribution in [0.3, 0.4) is 0 Å². The lowest BCUT2D eigenvalue weighted by molar-refractivity contribution is -0.149. The molecule has 0 amide bonds. The Morgan fingerprint density at radius 3 is 2.55 bits per heavy atom. The summed E-state index contributed by atoms with van der Waals surface area (Å²) in [5.74, 6) is -0.340. The lowest BCUT2D eigenvalue weighted by Gasteiger charge is -2.39. The molecule has 0 spiro atoms. The highest BCUT2D eigenvalue weighted by molar-refractivity contribution is 6.72. The van der Waals surface area contributed by atoms with Crippen LogP contribution in [0.15, 0.2) is 11.6 Å². The number of hydrogen-bond acceptors (Lipinski definition) is 4. The van der Waals surface area contributed by atoms with Gasteiger partial charge in [-0.25, -0.2) is 0 Å². The Morgan fingerprint density at radius 2 is 2.00 bits per heavy atom. The van der Waals surface area contributed by atoms with Gasteiger partial charge in [-0.3, -0.25) is 4.79 Å². The molecule has 2 aliphatic rings. The van der Waals surface area contributed by atoms with Crippen molar-refractivity contribution in [1.82, 2.24) is 0 Å². The second-order valence-electron chi connectivity index (χ2n) is 6.99. The molecule has 0 aromatic carbocycles. The molecule has 20 heavy (non-hydrogen) atoms. The summed E-state index contributed by atoms with van der Waals surface area (Å²) in [6, 6.07) is 0.918. The molecule has 114 valence electrons. The third-order valence-corrected chi connectivity index (χ3v) is 6.35. The van der Waals surface area contributed by atoms with Gasteiger partial charge >= 0.3 is 0 Å². The molecule has 2 rings (SSSR count). The molecule has 0 radical (unpaired) electrons. The summed E-state index contributed by atoms with van der Waals surface area (Å²) in [5, 5.41) is 0. The van der Waals surface area contributed by atoms with Gasteiger partial charge in [0.2, 0.25) is 0 Å². The molecular formula is C15H26O4Si. The highest BCUT2D eigenvalue weighted by Crippen LogP contribution is 2.35. The fraction of sp³-hybridized carbons (Fsp3) is 0.800. The fourth-order valence-electron chi connectivity index (χ4n) is 2.89. The van der Waals surface area contributed by atoms with Crippen molar-refractivity contribution in [1.29, 1.82) is 0 Å². The minimum absolute atomic E-state index is 0.0244. The second-order valence-corrected chi connectivity index (χ2v) is 11.1. The van der Waals surface area contributed by atoms with Crippen LogP contribution in [0.5, 0.6) is 0 Å². The van der Waals surface area contributed by atoms with Crippen molar-refractivity contribution in [3.05, 3.63) is 11.6 Å². The molecule has 0 N–H and O–H groups in total. The van der Waals surface area contributed by atoms with Crippen molar-refractivity contribution in [2.75, 3.05) is 6.61 Å². The van der Waals surface area contributed by atoms with E-state index in [9.17, 15) is 4.79 Å². The number of carbonyl (C=O) groups is 1. The molecule has 0 saturated carbocycles. The quantitative estimate of drug-likeness (QED) is 0.581. The maximum Gasteiger partial charge on any atom is 0.191 e. The van der Waals surface area contributed by atoms with Gasteiger partial charge < -0.3 is 13.9 Å². The maximum absolute atomic E-state index is 12.4. The lowest BCUT2D eigenvalue weighted by Crippen LogP contribution is -2.43. The van der Waals surface area contributed by atoms with E-state index >= 15 is 0 Å². The Morgan fingerprint density at radius 1 is 1.35 bits per heavy atom. The van der Waals surface area contributed by atoms with Crippen LogP contribution in [0, 0.1) is 5.92 Å². The Hall–Kier alpha value is -0.493. The van der Waals surface area contributed by atoms with Crippen LogP contribution in [0.25, 0.3) is 0 Å². The predicted octanol–water partition coefficient (Wildman–Crippen LogP) is 2.89. The van der Waals surface area contributed by atoms with E-state index in [1.807, 2.05) is 13.8 Å². The topological polar surface area (TPSA) is 44.8 Å². The van der Waals surface area contributed by atoms with Crippen LogP contribution in [-0.2, 0) is 18.7 Å². The van der Waals surface area contributed by atoms with Crippen LogP contribution in [-0.4, -0.2) is 38.7 Å². The van der Waals surface area contributed by atoms with Gasteiger partial charge in [-0.2, -0.15) is 0 Å². The zero-order valence-electron chi connectivity index (χ0n) is 13.4. The molecule has 0 aliphatic carbocycles. The summed E-state index contributed by atoms with van der Waals surface area (Å²) in [6.45, 7) is 12.6. The zero-order chi connectivity index (χ0) is 15.1. The molecule has 0 aromatic heterocycles. The van der Waals surface area contributed by atoms with Gasteiger partial charge in [-0.1, -0.05) is 12.5 Å². The SMILES string of the molecule is C[C@@H]1/C(=C\C(=O)[C@H]2COC(C)(C)O2)C[Si](C)(C)O[C@@H]1C. The van der Waals surface area contributed by atoms with E-state index in [0.29, 0.717) is 6.61 Å². The molecule has 2 heterocycles. The molecule has 4 nitrogen and oxygen atoms in total. The van der Waals surface area contributed by atoms with E-state index in [2.05, 4.69) is 26.9 Å². The van der Waals surface area contributed by atoms with E-state index < -0.39 is 20.2 Å². The summed E-state index contributed by atoms with van der Waals surface area (Å²) in [5.41, 5.74) is 1.21. The van der Waals surface area contributed by atoms with Crippen molar-refractivity contribution in [3.8, 4) is 0 Å². The Bertz CT molecular complexity index is 428. The standard InChI is InChI=1S/C15H26O4Si/c1-10-11(2)19-20(5,6)9-12(10)7-13(16)14-8-17-15(3,4)18-14/h7,10-11,14H,8-9H2,1-6H3/b12-7-/t10-,11+,14+/m0/s1. The predicted molar refractivity (Wildman–Crippen MR) is 80.0 cm³/mol. The molecular weight excluding hydrogens is 272 g/mol. The largest absolute Gasteiger partial charge is 0.414 e. The minimum atomic E-state index is -1.69. The maximum atomic E-state index is 12.4. The van der Waals surface area contributed by atoms with Crippen molar-refractivity contribution in [2.24, 2.45) is 5.92 Å². The van der Waals surface area contributed by atoms with E-state index in [1.54, 1.807) is 6.08 Å². The van der Waals surface area contributed by atoms with Gasteiger partial charge in [0.25, 0.3) is 0 Å². The third kappa shape index (κ3) is 3.58. The van der Waals surface area contributed by atoms with E-state index in [4.69, 9.17) is 13.9 Å². The van der Waals surface area contributed by atoms with Gasteiger partial charge in [0, 0.05) is 12.0 Å². The molecule has 2 saturated heterocycles. The normalized spacial score (nSPS) is 38.1. The van der Waals surface area contributed by atoms with Crippen LogP contribution in [0.1, 0.15) is 27.7 Å². The van der Waals surface area contributed by atoms with Crippen LogP contribution in [0.2, 0.25) is 19.1 Å². The van der Waals surface area contributed by atoms with Crippen molar-refractivity contribution < 1.29 is 18.7 Å².